The standard InChI is InChI=1S/C25H23ClN8/c1-17-5-4-6-18(26)23(17)31-24-20-15-27-16-34(20)25-19(29-24)8-9-22(30-25)33-13-11-32(12-14-33)21-7-2-3-10-28-21/h2-10,15-16H,11-14H2,1H3,(H,29,31). The zero-order valence-electron chi connectivity index (χ0n) is 18.7. The van der Waals surface area contributed by atoms with Gasteiger partial charge in [0, 0.05) is 32.4 Å². The lowest BCUT2D eigenvalue weighted by atomic mass is 10.2. The van der Waals surface area contributed by atoms with Crippen LogP contribution in [0.25, 0.3) is 16.7 Å². The molecule has 1 saturated heterocycles. The molecule has 5 aromatic rings. The van der Waals surface area contributed by atoms with Crippen molar-refractivity contribution in [2.45, 2.75) is 6.92 Å². The molecule has 0 radical (unpaired) electrons. The molecule has 1 N–H and O–H groups in total. The van der Waals surface area contributed by atoms with Crippen LogP contribution in [-0.2, 0) is 0 Å². The number of piperazine rings is 1. The van der Waals surface area contributed by atoms with Crippen molar-refractivity contribution in [2.75, 3.05) is 41.3 Å². The fraction of sp³-hybridized carbons (Fsp3) is 0.200. The smallest absolute Gasteiger partial charge is 0.166 e. The topological polar surface area (TPSA) is 74.5 Å². The number of halogens is 1. The summed E-state index contributed by atoms with van der Waals surface area (Å²) in [6, 6.07) is 15.9. The number of rotatable bonds is 4. The van der Waals surface area contributed by atoms with E-state index in [1.165, 1.54) is 0 Å². The van der Waals surface area contributed by atoms with Crippen LogP contribution in [0.4, 0.5) is 23.1 Å². The van der Waals surface area contributed by atoms with Gasteiger partial charge in [0.1, 0.15) is 29.0 Å². The van der Waals surface area contributed by atoms with Crippen LogP contribution in [0, 0.1) is 6.92 Å². The monoisotopic (exact) mass is 470 g/mol. The van der Waals surface area contributed by atoms with Gasteiger partial charge >= 0.3 is 0 Å². The third-order valence-corrected chi connectivity index (χ3v) is 6.54. The zero-order valence-corrected chi connectivity index (χ0v) is 19.4. The highest BCUT2D eigenvalue weighted by Crippen LogP contribution is 2.31. The lowest BCUT2D eigenvalue weighted by Crippen LogP contribution is -2.47. The van der Waals surface area contributed by atoms with Crippen LogP contribution in [-0.4, -0.2) is 50.5 Å². The Morgan fingerprint density at radius 3 is 2.47 bits per heavy atom. The van der Waals surface area contributed by atoms with Crippen LogP contribution >= 0.6 is 11.6 Å². The van der Waals surface area contributed by atoms with Crippen molar-refractivity contribution >= 4 is 51.4 Å². The van der Waals surface area contributed by atoms with Crippen molar-refractivity contribution in [3.63, 3.8) is 0 Å². The molecule has 34 heavy (non-hydrogen) atoms. The fourth-order valence-corrected chi connectivity index (χ4v) is 4.66. The molecule has 0 saturated carbocycles. The van der Waals surface area contributed by atoms with E-state index >= 15 is 0 Å². The van der Waals surface area contributed by atoms with Gasteiger partial charge in [-0.1, -0.05) is 29.8 Å². The van der Waals surface area contributed by atoms with E-state index in [9.17, 15) is 0 Å². The first-order valence-electron chi connectivity index (χ1n) is 11.2. The molecule has 0 unspecified atom stereocenters. The van der Waals surface area contributed by atoms with Gasteiger partial charge in [-0.3, -0.25) is 4.40 Å². The van der Waals surface area contributed by atoms with Crippen LogP contribution in [0.1, 0.15) is 5.56 Å². The number of anilines is 4. The van der Waals surface area contributed by atoms with Gasteiger partial charge in [0.15, 0.2) is 11.5 Å². The van der Waals surface area contributed by atoms with Crippen LogP contribution in [0.2, 0.25) is 5.02 Å². The molecule has 170 valence electrons. The van der Waals surface area contributed by atoms with E-state index in [1.807, 2.05) is 60.0 Å². The highest BCUT2D eigenvalue weighted by atomic mass is 35.5. The van der Waals surface area contributed by atoms with Crippen molar-refractivity contribution in [2.24, 2.45) is 0 Å². The van der Waals surface area contributed by atoms with Gasteiger partial charge < -0.3 is 15.1 Å². The first kappa shape index (κ1) is 20.7. The summed E-state index contributed by atoms with van der Waals surface area (Å²) in [4.78, 5) is 23.3. The van der Waals surface area contributed by atoms with E-state index in [4.69, 9.17) is 21.6 Å². The van der Waals surface area contributed by atoms with Crippen LogP contribution in [0.15, 0.2) is 67.3 Å². The van der Waals surface area contributed by atoms with E-state index in [0.717, 1.165) is 65.7 Å². The molecule has 0 bridgehead atoms. The second-order valence-corrected chi connectivity index (χ2v) is 8.75. The van der Waals surface area contributed by atoms with Gasteiger partial charge in [0.25, 0.3) is 0 Å². The lowest BCUT2D eigenvalue weighted by molar-refractivity contribution is 0.642. The van der Waals surface area contributed by atoms with Gasteiger partial charge in [0.05, 0.1) is 16.9 Å². The maximum atomic E-state index is 6.44. The molecule has 0 aliphatic carbocycles. The van der Waals surface area contributed by atoms with Gasteiger partial charge in [-0.2, -0.15) is 0 Å². The van der Waals surface area contributed by atoms with E-state index in [0.29, 0.717) is 10.8 Å². The number of aromatic nitrogens is 5. The number of imidazole rings is 1. The maximum absolute atomic E-state index is 6.44. The minimum absolute atomic E-state index is 0.651. The molecule has 6 rings (SSSR count). The molecule has 1 aromatic carbocycles. The number of hydrogen-bond acceptors (Lipinski definition) is 7. The van der Waals surface area contributed by atoms with Crippen molar-refractivity contribution in [1.29, 1.82) is 0 Å². The van der Waals surface area contributed by atoms with Crippen molar-refractivity contribution < 1.29 is 0 Å². The summed E-state index contributed by atoms with van der Waals surface area (Å²) in [6.45, 7) is 5.57. The summed E-state index contributed by atoms with van der Waals surface area (Å²) < 4.78 is 1.98. The molecule has 0 atom stereocenters. The average molecular weight is 471 g/mol. The van der Waals surface area contributed by atoms with Crippen molar-refractivity contribution in [3.8, 4) is 0 Å². The average Bonchev–Trinajstić information content (AvgIpc) is 3.38. The van der Waals surface area contributed by atoms with E-state index in [2.05, 4.69) is 31.2 Å². The molecule has 5 heterocycles. The van der Waals surface area contributed by atoms with E-state index in [1.54, 1.807) is 12.5 Å². The Kier molecular flexibility index (Phi) is 5.15. The Labute approximate surface area is 201 Å². The molecule has 1 fully saturated rings. The summed E-state index contributed by atoms with van der Waals surface area (Å²) in [5, 5.41) is 4.06. The van der Waals surface area contributed by atoms with Gasteiger partial charge in [-0.25, -0.2) is 19.9 Å². The minimum atomic E-state index is 0.651. The Morgan fingerprint density at radius 2 is 1.71 bits per heavy atom. The van der Waals surface area contributed by atoms with Gasteiger partial charge in [-0.05, 0) is 42.8 Å². The Hall–Kier alpha value is -3.91. The van der Waals surface area contributed by atoms with Crippen molar-refractivity contribution in [1.82, 2.24) is 24.3 Å². The first-order chi connectivity index (χ1) is 16.7. The number of fused-ring (bicyclic) bond motifs is 3. The number of pyridine rings is 2. The van der Waals surface area contributed by atoms with E-state index in [-0.39, 0.29) is 0 Å². The zero-order chi connectivity index (χ0) is 23.1. The largest absolute Gasteiger partial charge is 0.353 e. The molecule has 1 aliphatic heterocycles. The number of benzene rings is 1. The first-order valence-corrected chi connectivity index (χ1v) is 11.6. The number of aryl methyl sites for hydroxylation is 1. The summed E-state index contributed by atoms with van der Waals surface area (Å²) in [6.07, 6.45) is 5.41. The minimum Gasteiger partial charge on any atom is -0.353 e. The quantitative estimate of drug-likeness (QED) is 0.408. The summed E-state index contributed by atoms with van der Waals surface area (Å²) in [5.74, 6) is 2.65. The second kappa shape index (κ2) is 8.46. The van der Waals surface area contributed by atoms with Crippen molar-refractivity contribution in [3.05, 3.63) is 77.8 Å². The Balaban J connectivity index is 1.31. The molecule has 8 nitrogen and oxygen atoms in total. The molecule has 0 amide bonds. The number of hydrogen-bond donors (Lipinski definition) is 1. The van der Waals surface area contributed by atoms with Gasteiger partial charge in [-0.15, -0.1) is 0 Å². The molecular formula is C25H23ClN8. The SMILES string of the molecule is Cc1cccc(Cl)c1Nc1nc2ccc(N3CCN(c4ccccn4)CC3)nc2n2cncc12. The molecule has 0 spiro atoms. The summed E-state index contributed by atoms with van der Waals surface area (Å²) >= 11 is 6.44. The molecule has 9 heteroatoms. The molecular weight excluding hydrogens is 448 g/mol. The summed E-state index contributed by atoms with van der Waals surface area (Å²) in [5.41, 5.74) is 4.29. The fourth-order valence-electron chi connectivity index (χ4n) is 4.39. The van der Waals surface area contributed by atoms with Crippen LogP contribution < -0.4 is 15.1 Å². The highest BCUT2D eigenvalue weighted by Gasteiger charge is 2.20. The number of nitrogens with zero attached hydrogens (tertiary/aromatic N) is 7. The predicted molar refractivity (Wildman–Crippen MR) is 136 cm³/mol. The predicted octanol–water partition coefficient (Wildman–Crippen LogP) is 4.70. The normalized spacial score (nSPS) is 14.2. The number of para-hydroxylation sites is 1. The number of nitrogens with one attached hydrogen (secondary N) is 1. The molecule has 4 aromatic heterocycles. The van der Waals surface area contributed by atoms with Crippen LogP contribution in [0.3, 0.4) is 0 Å². The van der Waals surface area contributed by atoms with Crippen LogP contribution in [0.5, 0.6) is 0 Å². The lowest BCUT2D eigenvalue weighted by Gasteiger charge is -2.36. The van der Waals surface area contributed by atoms with E-state index < -0.39 is 0 Å². The Morgan fingerprint density at radius 1 is 0.882 bits per heavy atom. The third kappa shape index (κ3) is 3.66. The second-order valence-electron chi connectivity index (χ2n) is 8.34. The maximum Gasteiger partial charge on any atom is 0.166 e. The highest BCUT2D eigenvalue weighted by molar-refractivity contribution is 6.33. The Bertz CT molecular complexity index is 1450. The summed E-state index contributed by atoms with van der Waals surface area (Å²) in [7, 11) is 0. The van der Waals surface area contributed by atoms with Gasteiger partial charge in [0.2, 0.25) is 0 Å². The third-order valence-electron chi connectivity index (χ3n) is 6.22. The molecule has 1 aliphatic rings.